The third-order valence-electron chi connectivity index (χ3n) is 2.58. The van der Waals surface area contributed by atoms with Crippen molar-refractivity contribution in [3.8, 4) is 0 Å². The predicted molar refractivity (Wildman–Crippen MR) is 56.6 cm³/mol. The lowest BCUT2D eigenvalue weighted by atomic mass is 9.69. The molecule has 0 saturated heterocycles. The van der Waals surface area contributed by atoms with Crippen LogP contribution < -0.4 is 0 Å². The van der Waals surface area contributed by atoms with Crippen LogP contribution in [0.25, 0.3) is 0 Å². The van der Waals surface area contributed by atoms with Crippen LogP contribution in [0.3, 0.4) is 0 Å². The maximum absolute atomic E-state index is 11.6. The molecule has 0 aromatic rings. The molecule has 80 valence electrons. The van der Waals surface area contributed by atoms with Gasteiger partial charge in [-0.15, -0.1) is 0 Å². The first-order valence-corrected chi connectivity index (χ1v) is 5.05. The molecule has 1 atom stereocenters. The second-order valence-electron chi connectivity index (χ2n) is 6.06. The van der Waals surface area contributed by atoms with Crippen LogP contribution in [0.5, 0.6) is 0 Å². The van der Waals surface area contributed by atoms with E-state index in [2.05, 4.69) is 41.5 Å². The second-order valence-corrected chi connectivity index (χ2v) is 6.06. The van der Waals surface area contributed by atoms with E-state index in [0.717, 1.165) is 5.57 Å². The van der Waals surface area contributed by atoms with Crippen molar-refractivity contribution in [3.63, 3.8) is 0 Å². The quantitative estimate of drug-likeness (QED) is 0.556. The number of esters is 1. The van der Waals surface area contributed by atoms with Gasteiger partial charge in [0.2, 0.25) is 0 Å². The van der Waals surface area contributed by atoms with Gasteiger partial charge in [0.15, 0.2) is 0 Å². The largest absolute Gasteiger partial charge is 0.434 e. The van der Waals surface area contributed by atoms with Crippen LogP contribution in [0.2, 0.25) is 0 Å². The molecule has 1 aliphatic heterocycles. The number of hydrogen-bond donors (Lipinski definition) is 0. The van der Waals surface area contributed by atoms with Gasteiger partial charge < -0.3 is 4.74 Å². The summed E-state index contributed by atoms with van der Waals surface area (Å²) in [5.74, 6) is -0.204. The van der Waals surface area contributed by atoms with Crippen LogP contribution in [0.1, 0.15) is 41.5 Å². The molecule has 0 radical (unpaired) electrons. The zero-order chi connectivity index (χ0) is 11.1. The Bertz CT molecular complexity index is 274. The van der Waals surface area contributed by atoms with Crippen molar-refractivity contribution in [2.45, 2.75) is 41.5 Å². The molecule has 14 heavy (non-hydrogen) atoms. The molecule has 0 bridgehead atoms. The first-order chi connectivity index (χ1) is 6.14. The minimum absolute atomic E-state index is 0.00407. The zero-order valence-electron chi connectivity index (χ0n) is 9.97. The molecule has 1 unspecified atom stereocenters. The van der Waals surface area contributed by atoms with Crippen LogP contribution in [-0.2, 0) is 9.53 Å². The third-order valence-corrected chi connectivity index (χ3v) is 2.58. The van der Waals surface area contributed by atoms with E-state index in [-0.39, 0.29) is 22.7 Å². The summed E-state index contributed by atoms with van der Waals surface area (Å²) in [5, 5.41) is 0. The molecule has 0 aliphatic carbocycles. The minimum Gasteiger partial charge on any atom is -0.434 e. The van der Waals surface area contributed by atoms with Crippen LogP contribution in [-0.4, -0.2) is 5.97 Å². The van der Waals surface area contributed by atoms with Crippen molar-refractivity contribution in [3.05, 3.63) is 11.8 Å². The van der Waals surface area contributed by atoms with Crippen LogP contribution >= 0.6 is 0 Å². The van der Waals surface area contributed by atoms with Gasteiger partial charge in [-0.2, -0.15) is 0 Å². The summed E-state index contributed by atoms with van der Waals surface area (Å²) in [4.78, 5) is 11.6. The third kappa shape index (κ3) is 1.99. The molecule has 0 spiro atoms. The van der Waals surface area contributed by atoms with Gasteiger partial charge >= 0.3 is 5.97 Å². The summed E-state index contributed by atoms with van der Waals surface area (Å²) in [7, 11) is 0. The van der Waals surface area contributed by atoms with E-state index < -0.39 is 0 Å². The lowest BCUT2D eigenvalue weighted by Gasteiger charge is -2.32. The summed E-state index contributed by atoms with van der Waals surface area (Å²) < 4.78 is 5.03. The van der Waals surface area contributed by atoms with Gasteiger partial charge in [-0.05, 0) is 16.4 Å². The Kier molecular flexibility index (Phi) is 2.51. The van der Waals surface area contributed by atoms with E-state index >= 15 is 0 Å². The topological polar surface area (TPSA) is 26.3 Å². The molecule has 0 N–H and O–H groups in total. The van der Waals surface area contributed by atoms with Crippen molar-refractivity contribution in [1.82, 2.24) is 0 Å². The van der Waals surface area contributed by atoms with Gasteiger partial charge in [0.25, 0.3) is 0 Å². The van der Waals surface area contributed by atoms with Crippen LogP contribution in [0, 0.1) is 16.7 Å². The van der Waals surface area contributed by atoms with Gasteiger partial charge in [0, 0.05) is 0 Å². The molecule has 1 aliphatic rings. The fourth-order valence-electron chi connectivity index (χ4n) is 1.81. The first kappa shape index (κ1) is 11.3. The van der Waals surface area contributed by atoms with E-state index in [1.807, 2.05) is 0 Å². The summed E-state index contributed by atoms with van der Waals surface area (Å²) in [6.07, 6.45) is 1.64. The Labute approximate surface area is 86.3 Å². The van der Waals surface area contributed by atoms with Crippen LogP contribution in [0.15, 0.2) is 11.8 Å². The zero-order valence-corrected chi connectivity index (χ0v) is 9.97. The Morgan fingerprint density at radius 2 is 1.64 bits per heavy atom. The average molecular weight is 196 g/mol. The Balaban J connectivity index is 3.04. The highest BCUT2D eigenvalue weighted by Crippen LogP contribution is 2.44. The van der Waals surface area contributed by atoms with Crippen LogP contribution in [0.4, 0.5) is 0 Å². The molecule has 1 rings (SSSR count). The molecular weight excluding hydrogens is 176 g/mol. The fourth-order valence-corrected chi connectivity index (χ4v) is 1.81. The number of carbonyl (C=O) groups is 1. The summed E-state index contributed by atoms with van der Waals surface area (Å²) >= 11 is 0. The number of rotatable bonds is 0. The standard InChI is InChI=1S/C12H20O2/c1-11(2,3)8-7-14-10(13)9(8)12(4,5)6/h7,9H,1-6H3. The molecule has 0 amide bonds. The van der Waals surface area contributed by atoms with Crippen molar-refractivity contribution >= 4 is 5.97 Å². The Morgan fingerprint density at radius 3 is 1.93 bits per heavy atom. The SMILES string of the molecule is CC(C)(C)C1=COC(=O)C1C(C)(C)C. The van der Waals surface area contributed by atoms with Crippen molar-refractivity contribution in [2.75, 3.05) is 0 Å². The molecule has 0 aromatic carbocycles. The number of carbonyl (C=O) groups excluding carboxylic acids is 1. The van der Waals surface area contributed by atoms with Gasteiger partial charge in [-0.1, -0.05) is 41.5 Å². The van der Waals surface area contributed by atoms with Gasteiger partial charge in [0.05, 0.1) is 12.2 Å². The molecular formula is C12H20O2. The summed E-state index contributed by atoms with van der Waals surface area (Å²) in [6.45, 7) is 12.6. The smallest absolute Gasteiger partial charge is 0.318 e. The Hall–Kier alpha value is -0.790. The van der Waals surface area contributed by atoms with Gasteiger partial charge in [-0.3, -0.25) is 4.79 Å². The maximum atomic E-state index is 11.6. The molecule has 0 fully saturated rings. The monoisotopic (exact) mass is 196 g/mol. The Morgan fingerprint density at radius 1 is 1.14 bits per heavy atom. The molecule has 2 heteroatoms. The predicted octanol–water partition coefficient (Wildman–Crippen LogP) is 3.14. The number of ether oxygens (including phenoxy) is 1. The van der Waals surface area contributed by atoms with E-state index in [1.165, 1.54) is 0 Å². The number of hydrogen-bond acceptors (Lipinski definition) is 2. The molecule has 1 heterocycles. The molecule has 0 aromatic heterocycles. The highest BCUT2D eigenvalue weighted by Gasteiger charge is 2.43. The number of cyclic esters (lactones) is 1. The van der Waals surface area contributed by atoms with Gasteiger partial charge in [0.1, 0.15) is 0 Å². The van der Waals surface area contributed by atoms with Gasteiger partial charge in [-0.25, -0.2) is 0 Å². The molecule has 2 nitrogen and oxygen atoms in total. The van der Waals surface area contributed by atoms with E-state index in [4.69, 9.17) is 4.74 Å². The van der Waals surface area contributed by atoms with Crippen molar-refractivity contribution in [1.29, 1.82) is 0 Å². The average Bonchev–Trinajstić information content (AvgIpc) is 2.27. The highest BCUT2D eigenvalue weighted by atomic mass is 16.5. The lowest BCUT2D eigenvalue weighted by Crippen LogP contribution is -2.31. The summed E-state index contributed by atoms with van der Waals surface area (Å²) in [5.41, 5.74) is 1.05. The fraction of sp³-hybridized carbons (Fsp3) is 0.750. The van der Waals surface area contributed by atoms with E-state index in [0.29, 0.717) is 0 Å². The summed E-state index contributed by atoms with van der Waals surface area (Å²) in [6, 6.07) is 0. The highest BCUT2D eigenvalue weighted by molar-refractivity contribution is 5.80. The maximum Gasteiger partial charge on any atom is 0.318 e. The lowest BCUT2D eigenvalue weighted by molar-refractivity contribution is -0.141. The van der Waals surface area contributed by atoms with E-state index in [1.54, 1.807) is 6.26 Å². The molecule has 0 saturated carbocycles. The minimum atomic E-state index is -0.109. The second kappa shape index (κ2) is 3.11. The van der Waals surface area contributed by atoms with Crippen molar-refractivity contribution in [2.24, 2.45) is 16.7 Å². The first-order valence-electron chi connectivity index (χ1n) is 5.05. The van der Waals surface area contributed by atoms with Crippen molar-refractivity contribution < 1.29 is 9.53 Å². The normalized spacial score (nSPS) is 23.4. The van der Waals surface area contributed by atoms with E-state index in [9.17, 15) is 4.79 Å².